The highest BCUT2D eigenvalue weighted by Gasteiger charge is 2.20. The fourth-order valence-corrected chi connectivity index (χ4v) is 2.63. The van der Waals surface area contributed by atoms with Crippen LogP contribution in [0.5, 0.6) is 0 Å². The number of rotatable bonds is 3. The van der Waals surface area contributed by atoms with Gasteiger partial charge in [-0.25, -0.2) is 0 Å². The van der Waals surface area contributed by atoms with Gasteiger partial charge in [0.15, 0.2) is 11.5 Å². The molecule has 0 spiro atoms. The highest BCUT2D eigenvalue weighted by atomic mass is 16.5. The van der Waals surface area contributed by atoms with E-state index in [1.807, 2.05) is 56.3 Å². The molecular weight excluding hydrogens is 328 g/mol. The number of aromatic nitrogens is 5. The van der Waals surface area contributed by atoms with E-state index < -0.39 is 0 Å². The number of benzene rings is 2. The first-order chi connectivity index (χ1) is 12.5. The van der Waals surface area contributed by atoms with Gasteiger partial charge in [0, 0.05) is 5.56 Å². The molecule has 0 amide bonds. The second-order valence-electron chi connectivity index (χ2n) is 6.29. The summed E-state index contributed by atoms with van der Waals surface area (Å²) in [7, 11) is 0. The Bertz CT molecular complexity index is 1080. The lowest BCUT2D eigenvalue weighted by Crippen LogP contribution is -2.03. The Labute approximate surface area is 150 Å². The van der Waals surface area contributed by atoms with E-state index in [1.165, 1.54) is 5.56 Å². The van der Waals surface area contributed by atoms with E-state index in [-0.39, 0.29) is 5.89 Å². The van der Waals surface area contributed by atoms with Gasteiger partial charge in [-0.15, -0.1) is 5.10 Å². The summed E-state index contributed by atoms with van der Waals surface area (Å²) in [6, 6.07) is 13.9. The van der Waals surface area contributed by atoms with E-state index in [9.17, 15) is 0 Å². The maximum atomic E-state index is 6.23. The lowest BCUT2D eigenvalue weighted by atomic mass is 10.1. The van der Waals surface area contributed by atoms with Crippen LogP contribution in [-0.2, 0) is 0 Å². The number of aryl methyl sites for hydroxylation is 3. The zero-order valence-electron chi connectivity index (χ0n) is 14.8. The highest BCUT2D eigenvalue weighted by Crippen LogP contribution is 2.27. The van der Waals surface area contributed by atoms with Crippen molar-refractivity contribution in [2.24, 2.45) is 0 Å². The van der Waals surface area contributed by atoms with Gasteiger partial charge in [0.25, 0.3) is 5.89 Å². The number of nitrogens with zero attached hydrogens (tertiary/aromatic N) is 5. The molecule has 0 aliphatic rings. The van der Waals surface area contributed by atoms with E-state index >= 15 is 0 Å². The molecule has 0 unspecified atom stereocenters. The Morgan fingerprint density at radius 3 is 2.46 bits per heavy atom. The van der Waals surface area contributed by atoms with Gasteiger partial charge in [-0.2, -0.15) is 9.67 Å². The molecule has 7 nitrogen and oxygen atoms in total. The maximum Gasteiger partial charge on any atom is 0.282 e. The molecule has 2 aromatic heterocycles. The van der Waals surface area contributed by atoms with Crippen LogP contribution in [0.25, 0.3) is 28.7 Å². The van der Waals surface area contributed by atoms with Crippen LogP contribution in [0.3, 0.4) is 0 Å². The molecule has 2 N–H and O–H groups in total. The summed E-state index contributed by atoms with van der Waals surface area (Å²) in [6.45, 7) is 6.12. The van der Waals surface area contributed by atoms with Gasteiger partial charge >= 0.3 is 0 Å². The van der Waals surface area contributed by atoms with E-state index in [4.69, 9.17) is 10.3 Å². The second kappa shape index (κ2) is 6.11. The quantitative estimate of drug-likeness (QED) is 0.610. The molecule has 26 heavy (non-hydrogen) atoms. The molecule has 7 heteroatoms. The van der Waals surface area contributed by atoms with Crippen molar-refractivity contribution in [3.05, 3.63) is 59.2 Å². The molecular formula is C19H18N6O. The largest absolute Gasteiger partial charge is 0.382 e. The molecule has 0 fully saturated rings. The van der Waals surface area contributed by atoms with Gasteiger partial charge in [-0.1, -0.05) is 46.3 Å². The standard InChI is InChI=1S/C19H18N6O/c1-11-4-7-14(8-5-11)18-21-19(26-23-18)16-17(20)25(24-22-16)15-9-6-12(2)13(3)10-15/h4-10H,20H2,1-3H3. The molecule has 0 saturated carbocycles. The highest BCUT2D eigenvalue weighted by molar-refractivity contribution is 5.66. The van der Waals surface area contributed by atoms with Crippen LogP contribution in [0.15, 0.2) is 47.0 Å². The minimum Gasteiger partial charge on any atom is -0.382 e. The first-order valence-electron chi connectivity index (χ1n) is 8.23. The maximum absolute atomic E-state index is 6.23. The third-order valence-corrected chi connectivity index (χ3v) is 4.38. The second-order valence-corrected chi connectivity index (χ2v) is 6.29. The van der Waals surface area contributed by atoms with Gasteiger partial charge in [0.1, 0.15) is 0 Å². The summed E-state index contributed by atoms with van der Waals surface area (Å²) >= 11 is 0. The predicted molar refractivity (Wildman–Crippen MR) is 98.7 cm³/mol. The van der Waals surface area contributed by atoms with Crippen LogP contribution >= 0.6 is 0 Å². The first-order valence-corrected chi connectivity index (χ1v) is 8.23. The van der Waals surface area contributed by atoms with Crippen LogP contribution in [-0.4, -0.2) is 25.1 Å². The number of hydrogen-bond donors (Lipinski definition) is 1. The Hall–Kier alpha value is -3.48. The third-order valence-electron chi connectivity index (χ3n) is 4.38. The normalized spacial score (nSPS) is 11.0. The van der Waals surface area contributed by atoms with Crippen LogP contribution in [0.4, 0.5) is 5.82 Å². The Morgan fingerprint density at radius 1 is 0.962 bits per heavy atom. The number of hydrogen-bond acceptors (Lipinski definition) is 6. The molecule has 0 saturated heterocycles. The van der Waals surface area contributed by atoms with Crippen molar-refractivity contribution in [1.29, 1.82) is 0 Å². The summed E-state index contributed by atoms with van der Waals surface area (Å²) in [6.07, 6.45) is 0. The Morgan fingerprint density at radius 2 is 1.73 bits per heavy atom. The molecule has 0 aliphatic heterocycles. The predicted octanol–water partition coefficient (Wildman–Crippen LogP) is 3.49. The first kappa shape index (κ1) is 16.0. The molecule has 4 rings (SSSR count). The molecule has 4 aromatic rings. The SMILES string of the molecule is Cc1ccc(-c2noc(-c3nnn(-c4ccc(C)c(C)c4)c3N)n2)cc1. The van der Waals surface area contributed by atoms with Crippen molar-refractivity contribution >= 4 is 5.82 Å². The van der Waals surface area contributed by atoms with Crippen LogP contribution in [0.2, 0.25) is 0 Å². The van der Waals surface area contributed by atoms with Crippen LogP contribution in [0, 0.1) is 20.8 Å². The zero-order valence-corrected chi connectivity index (χ0v) is 14.8. The molecule has 0 radical (unpaired) electrons. The summed E-state index contributed by atoms with van der Waals surface area (Å²) in [4.78, 5) is 4.41. The number of nitrogens with two attached hydrogens (primary N) is 1. The fourth-order valence-electron chi connectivity index (χ4n) is 2.63. The van der Waals surface area contributed by atoms with Crippen molar-refractivity contribution < 1.29 is 4.52 Å². The van der Waals surface area contributed by atoms with Gasteiger partial charge in [-0.3, -0.25) is 0 Å². The molecule has 0 atom stereocenters. The number of nitrogen functional groups attached to an aromatic ring is 1. The van der Waals surface area contributed by atoms with E-state index in [2.05, 4.69) is 27.4 Å². The third kappa shape index (κ3) is 2.73. The van der Waals surface area contributed by atoms with Crippen molar-refractivity contribution in [2.75, 3.05) is 5.73 Å². The van der Waals surface area contributed by atoms with Crippen molar-refractivity contribution in [3.8, 4) is 28.7 Å². The van der Waals surface area contributed by atoms with Crippen molar-refractivity contribution in [1.82, 2.24) is 25.1 Å². The van der Waals surface area contributed by atoms with E-state index in [1.54, 1.807) is 4.68 Å². The van der Waals surface area contributed by atoms with E-state index in [0.717, 1.165) is 22.4 Å². The summed E-state index contributed by atoms with van der Waals surface area (Å²) in [5, 5.41) is 12.3. The van der Waals surface area contributed by atoms with E-state index in [0.29, 0.717) is 17.3 Å². The summed E-state index contributed by atoms with van der Waals surface area (Å²) < 4.78 is 6.92. The molecule has 2 heterocycles. The monoisotopic (exact) mass is 346 g/mol. The lowest BCUT2D eigenvalue weighted by molar-refractivity contribution is 0.431. The average Bonchev–Trinajstić information content (AvgIpc) is 3.25. The van der Waals surface area contributed by atoms with Crippen LogP contribution < -0.4 is 5.73 Å². The summed E-state index contributed by atoms with van der Waals surface area (Å²) in [5.41, 5.74) is 11.8. The van der Waals surface area contributed by atoms with Gasteiger partial charge in [-0.05, 0) is 44.0 Å². The molecule has 0 bridgehead atoms. The van der Waals surface area contributed by atoms with Crippen LogP contribution in [0.1, 0.15) is 16.7 Å². The van der Waals surface area contributed by atoms with Gasteiger partial charge in [0.05, 0.1) is 5.69 Å². The van der Waals surface area contributed by atoms with Gasteiger partial charge in [0.2, 0.25) is 5.82 Å². The topological polar surface area (TPSA) is 95.7 Å². The average molecular weight is 346 g/mol. The lowest BCUT2D eigenvalue weighted by Gasteiger charge is -2.06. The minimum atomic E-state index is 0.244. The fraction of sp³-hybridized carbons (Fsp3) is 0.158. The molecule has 130 valence electrons. The molecule has 2 aromatic carbocycles. The molecule has 0 aliphatic carbocycles. The summed E-state index contributed by atoms with van der Waals surface area (Å²) in [5.74, 6) is 1.08. The zero-order chi connectivity index (χ0) is 18.3. The minimum absolute atomic E-state index is 0.244. The smallest absolute Gasteiger partial charge is 0.282 e. The van der Waals surface area contributed by atoms with Gasteiger partial charge < -0.3 is 10.3 Å². The van der Waals surface area contributed by atoms with Crippen molar-refractivity contribution in [2.45, 2.75) is 20.8 Å². The number of anilines is 1. The Kier molecular flexibility index (Phi) is 3.76. The Balaban J connectivity index is 1.70. The van der Waals surface area contributed by atoms with Crippen molar-refractivity contribution in [3.63, 3.8) is 0 Å².